The molecule has 0 radical (unpaired) electrons. The van der Waals surface area contributed by atoms with Gasteiger partial charge in [-0.05, 0) is 54.6 Å². The van der Waals surface area contributed by atoms with E-state index in [1.807, 2.05) is 54.6 Å². The Morgan fingerprint density at radius 2 is 0.921 bits per heavy atom. The van der Waals surface area contributed by atoms with Gasteiger partial charge in [0.1, 0.15) is 22.3 Å². The summed E-state index contributed by atoms with van der Waals surface area (Å²) >= 11 is 0. The molecule has 0 aliphatic heterocycles. The molecule has 4 aromatic heterocycles. The molecule has 0 amide bonds. The first-order valence-electron chi connectivity index (χ1n) is 12.4. The van der Waals surface area contributed by atoms with Crippen molar-refractivity contribution in [3.8, 4) is 33.9 Å². The SMILES string of the molecule is c1ccc2c(c1)oc1cc(-c3cc(-c4ccc5c(c4)oc4ccccc45)nc(-c4ccncc4)n3)ccc12. The van der Waals surface area contributed by atoms with Gasteiger partial charge in [-0.3, -0.25) is 4.98 Å². The number of aromatic nitrogens is 3. The molecular formula is C33H19N3O2. The summed E-state index contributed by atoms with van der Waals surface area (Å²) in [5.41, 5.74) is 7.86. The molecule has 0 saturated carbocycles. The number of rotatable bonds is 3. The Morgan fingerprint density at radius 1 is 0.421 bits per heavy atom. The van der Waals surface area contributed by atoms with Crippen LogP contribution in [0.3, 0.4) is 0 Å². The number of benzene rings is 4. The van der Waals surface area contributed by atoms with Crippen LogP contribution in [0.5, 0.6) is 0 Å². The third-order valence-electron chi connectivity index (χ3n) is 7.01. The van der Waals surface area contributed by atoms with E-state index in [2.05, 4.69) is 53.5 Å². The zero-order valence-corrected chi connectivity index (χ0v) is 20.1. The van der Waals surface area contributed by atoms with Gasteiger partial charge in [0.05, 0.1) is 11.4 Å². The van der Waals surface area contributed by atoms with Crippen LogP contribution in [-0.4, -0.2) is 15.0 Å². The van der Waals surface area contributed by atoms with E-state index in [4.69, 9.17) is 18.8 Å². The summed E-state index contributed by atoms with van der Waals surface area (Å²) in [6.07, 6.45) is 3.51. The molecule has 8 rings (SSSR count). The summed E-state index contributed by atoms with van der Waals surface area (Å²) in [6, 6.07) is 34.6. The van der Waals surface area contributed by atoms with Gasteiger partial charge in [-0.25, -0.2) is 9.97 Å². The first kappa shape index (κ1) is 20.9. The highest BCUT2D eigenvalue weighted by atomic mass is 16.3. The molecular weight excluding hydrogens is 470 g/mol. The van der Waals surface area contributed by atoms with Crippen molar-refractivity contribution in [3.63, 3.8) is 0 Å². The Balaban J connectivity index is 1.33. The van der Waals surface area contributed by atoms with E-state index in [1.54, 1.807) is 12.4 Å². The van der Waals surface area contributed by atoms with Gasteiger partial charge < -0.3 is 8.83 Å². The molecule has 178 valence electrons. The maximum atomic E-state index is 6.16. The van der Waals surface area contributed by atoms with Gasteiger partial charge in [0.15, 0.2) is 5.82 Å². The van der Waals surface area contributed by atoms with Crippen molar-refractivity contribution in [1.82, 2.24) is 15.0 Å². The number of nitrogens with zero attached hydrogens (tertiary/aromatic N) is 3. The first-order valence-corrected chi connectivity index (χ1v) is 12.4. The zero-order valence-electron chi connectivity index (χ0n) is 20.1. The van der Waals surface area contributed by atoms with E-state index >= 15 is 0 Å². The minimum Gasteiger partial charge on any atom is -0.456 e. The average Bonchev–Trinajstić information content (AvgIpc) is 3.54. The van der Waals surface area contributed by atoms with Crippen LogP contribution in [0.25, 0.3) is 77.8 Å². The third-order valence-corrected chi connectivity index (χ3v) is 7.01. The summed E-state index contributed by atoms with van der Waals surface area (Å²) < 4.78 is 12.3. The zero-order chi connectivity index (χ0) is 25.1. The quantitative estimate of drug-likeness (QED) is 0.248. The summed E-state index contributed by atoms with van der Waals surface area (Å²) in [6.45, 7) is 0. The molecule has 5 heteroatoms. The smallest absolute Gasteiger partial charge is 0.160 e. The maximum absolute atomic E-state index is 6.16. The van der Waals surface area contributed by atoms with Crippen LogP contribution >= 0.6 is 0 Å². The number of pyridine rings is 1. The number of fused-ring (bicyclic) bond motifs is 6. The van der Waals surface area contributed by atoms with Gasteiger partial charge in [0.25, 0.3) is 0 Å². The fraction of sp³-hybridized carbons (Fsp3) is 0. The Labute approximate surface area is 217 Å². The maximum Gasteiger partial charge on any atom is 0.160 e. The molecule has 4 aromatic carbocycles. The monoisotopic (exact) mass is 489 g/mol. The predicted octanol–water partition coefficient (Wildman–Crippen LogP) is 8.67. The molecule has 5 nitrogen and oxygen atoms in total. The molecule has 0 bridgehead atoms. The topological polar surface area (TPSA) is 65.0 Å². The number of hydrogen-bond donors (Lipinski definition) is 0. The van der Waals surface area contributed by atoms with Crippen LogP contribution in [0.2, 0.25) is 0 Å². The number of para-hydroxylation sites is 2. The normalized spacial score (nSPS) is 11.7. The fourth-order valence-electron chi connectivity index (χ4n) is 5.14. The van der Waals surface area contributed by atoms with Crippen molar-refractivity contribution in [2.75, 3.05) is 0 Å². The van der Waals surface area contributed by atoms with Crippen molar-refractivity contribution in [2.24, 2.45) is 0 Å². The summed E-state index contributed by atoms with van der Waals surface area (Å²) in [7, 11) is 0. The second-order valence-corrected chi connectivity index (χ2v) is 9.32. The van der Waals surface area contributed by atoms with E-state index in [0.29, 0.717) is 5.82 Å². The molecule has 4 heterocycles. The van der Waals surface area contributed by atoms with Crippen LogP contribution in [0.15, 0.2) is 124 Å². The standard InChI is InChI=1S/C33H19N3O2/c1-3-7-29-23(5-1)25-11-9-21(17-31(25)37-29)27-19-28(36-33(35-27)20-13-15-34-16-14-20)22-10-12-26-24-6-2-4-8-30(24)38-32(26)18-22/h1-19H. The second-order valence-electron chi connectivity index (χ2n) is 9.32. The lowest BCUT2D eigenvalue weighted by atomic mass is 10.0. The van der Waals surface area contributed by atoms with Gasteiger partial charge in [-0.1, -0.05) is 48.5 Å². The molecule has 0 fully saturated rings. The Kier molecular flexibility index (Phi) is 4.45. The minimum absolute atomic E-state index is 0.634. The molecule has 8 aromatic rings. The molecule has 0 atom stereocenters. The summed E-state index contributed by atoms with van der Waals surface area (Å²) in [5, 5.41) is 4.38. The third kappa shape index (κ3) is 3.29. The van der Waals surface area contributed by atoms with Crippen molar-refractivity contribution in [1.29, 1.82) is 0 Å². The summed E-state index contributed by atoms with van der Waals surface area (Å²) in [5.74, 6) is 0.634. The van der Waals surface area contributed by atoms with Crippen molar-refractivity contribution >= 4 is 43.9 Å². The highest BCUT2D eigenvalue weighted by Gasteiger charge is 2.15. The van der Waals surface area contributed by atoms with Gasteiger partial charge in [0, 0.05) is 50.6 Å². The Morgan fingerprint density at radius 3 is 1.47 bits per heavy atom. The molecule has 38 heavy (non-hydrogen) atoms. The number of furan rings is 2. The van der Waals surface area contributed by atoms with Gasteiger partial charge >= 0.3 is 0 Å². The Hall–Kier alpha value is -5.29. The molecule has 0 saturated heterocycles. The van der Waals surface area contributed by atoms with Crippen molar-refractivity contribution < 1.29 is 8.83 Å². The minimum atomic E-state index is 0.634. The lowest BCUT2D eigenvalue weighted by Gasteiger charge is -2.09. The van der Waals surface area contributed by atoms with Crippen LogP contribution < -0.4 is 0 Å². The lowest BCUT2D eigenvalue weighted by Crippen LogP contribution is -1.96. The van der Waals surface area contributed by atoms with Crippen molar-refractivity contribution in [2.45, 2.75) is 0 Å². The van der Waals surface area contributed by atoms with Crippen molar-refractivity contribution in [3.05, 3.63) is 116 Å². The fourth-order valence-corrected chi connectivity index (χ4v) is 5.14. The van der Waals surface area contributed by atoms with Crippen LogP contribution in [-0.2, 0) is 0 Å². The van der Waals surface area contributed by atoms with E-state index in [-0.39, 0.29) is 0 Å². The van der Waals surface area contributed by atoms with Crippen LogP contribution in [0.1, 0.15) is 0 Å². The molecule has 0 unspecified atom stereocenters. The van der Waals surface area contributed by atoms with Gasteiger partial charge in [-0.2, -0.15) is 0 Å². The van der Waals surface area contributed by atoms with E-state index in [9.17, 15) is 0 Å². The van der Waals surface area contributed by atoms with Gasteiger partial charge in [-0.15, -0.1) is 0 Å². The van der Waals surface area contributed by atoms with Gasteiger partial charge in [0.2, 0.25) is 0 Å². The molecule has 0 N–H and O–H groups in total. The Bertz CT molecular complexity index is 2010. The molecule has 0 aliphatic carbocycles. The highest BCUT2D eigenvalue weighted by molar-refractivity contribution is 6.07. The van der Waals surface area contributed by atoms with E-state index in [1.165, 1.54) is 0 Å². The average molecular weight is 490 g/mol. The molecule has 0 aliphatic rings. The predicted molar refractivity (Wildman–Crippen MR) is 151 cm³/mol. The van der Waals surface area contributed by atoms with E-state index in [0.717, 1.165) is 72.0 Å². The lowest BCUT2D eigenvalue weighted by molar-refractivity contribution is 0.668. The van der Waals surface area contributed by atoms with Crippen LogP contribution in [0, 0.1) is 0 Å². The molecule has 0 spiro atoms. The largest absolute Gasteiger partial charge is 0.456 e. The van der Waals surface area contributed by atoms with E-state index < -0.39 is 0 Å². The summed E-state index contributed by atoms with van der Waals surface area (Å²) in [4.78, 5) is 14.1. The number of hydrogen-bond acceptors (Lipinski definition) is 5. The second kappa shape index (κ2) is 8.11. The first-order chi connectivity index (χ1) is 18.8. The highest BCUT2D eigenvalue weighted by Crippen LogP contribution is 2.35. The van der Waals surface area contributed by atoms with Crippen LogP contribution in [0.4, 0.5) is 0 Å².